The summed E-state index contributed by atoms with van der Waals surface area (Å²) in [5.41, 5.74) is 2.09. The molecule has 2 nitrogen and oxygen atoms in total. The first kappa shape index (κ1) is 20.4. The summed E-state index contributed by atoms with van der Waals surface area (Å²) in [5.74, 6) is 0.705. The summed E-state index contributed by atoms with van der Waals surface area (Å²) in [6, 6.07) is 43.3. The van der Waals surface area contributed by atoms with E-state index in [2.05, 4.69) is 109 Å². The number of aromatic nitrogens is 1. The summed E-state index contributed by atoms with van der Waals surface area (Å²) in [5, 5.41) is 5.20. The van der Waals surface area contributed by atoms with Gasteiger partial charge in [-0.05, 0) is 48.5 Å². The van der Waals surface area contributed by atoms with Crippen molar-refractivity contribution in [1.29, 1.82) is 0 Å². The van der Waals surface area contributed by atoms with Gasteiger partial charge in [0.1, 0.15) is 29.3 Å². The van der Waals surface area contributed by atoms with E-state index >= 15 is 0 Å². The monoisotopic (exact) mass is 434 g/mol. The van der Waals surface area contributed by atoms with E-state index in [1.807, 2.05) is 12.1 Å². The molecular formula is C29H25NOP+. The Kier molecular flexibility index (Phi) is 5.71. The van der Waals surface area contributed by atoms with Crippen LogP contribution in [0.5, 0.6) is 5.88 Å². The third kappa shape index (κ3) is 3.68. The van der Waals surface area contributed by atoms with Crippen LogP contribution in [0.1, 0.15) is 5.56 Å². The Hall–Kier alpha value is -3.48. The second kappa shape index (κ2) is 8.94. The molecule has 0 aliphatic heterocycles. The number of ether oxygens (including phenoxy) is 1. The molecule has 3 heteroatoms. The lowest BCUT2D eigenvalue weighted by Crippen LogP contribution is -2.32. The van der Waals surface area contributed by atoms with Crippen LogP contribution in [0.3, 0.4) is 0 Å². The minimum Gasteiger partial charge on any atom is -0.481 e. The molecular weight excluding hydrogens is 409 g/mol. The van der Waals surface area contributed by atoms with Crippen LogP contribution >= 0.6 is 7.26 Å². The summed E-state index contributed by atoms with van der Waals surface area (Å²) in [4.78, 5) is 4.85. The van der Waals surface area contributed by atoms with Crippen LogP contribution in [0.4, 0.5) is 0 Å². The molecule has 0 saturated carbocycles. The standard InChI is InChI=1S/C29H25NOP/c1-31-29-24(21-23-13-11-12-20-28(23)30-29)22-32(25-14-5-2-6-15-25,26-16-7-3-8-17-26)27-18-9-4-10-19-27/h2-21H,22H2,1H3/q+1. The molecule has 5 aromatic rings. The molecule has 1 heterocycles. The van der Waals surface area contributed by atoms with Crippen LogP contribution in [-0.4, -0.2) is 12.1 Å². The first-order valence-corrected chi connectivity index (χ1v) is 12.8. The molecule has 0 saturated heterocycles. The highest BCUT2D eigenvalue weighted by Gasteiger charge is 2.46. The lowest BCUT2D eigenvalue weighted by molar-refractivity contribution is 0.396. The van der Waals surface area contributed by atoms with Crippen LogP contribution < -0.4 is 20.7 Å². The summed E-state index contributed by atoms with van der Waals surface area (Å²) >= 11 is 0. The van der Waals surface area contributed by atoms with E-state index in [9.17, 15) is 0 Å². The van der Waals surface area contributed by atoms with Crippen LogP contribution in [0.25, 0.3) is 10.9 Å². The normalized spacial score (nSPS) is 11.4. The number of methoxy groups -OCH3 is 1. The zero-order valence-electron chi connectivity index (χ0n) is 18.1. The lowest BCUT2D eigenvalue weighted by atomic mass is 10.2. The average Bonchev–Trinajstić information content (AvgIpc) is 2.88. The SMILES string of the molecule is COc1nc2ccccc2cc1C[P+](c1ccccc1)(c1ccccc1)c1ccccc1. The Morgan fingerprint density at radius 2 is 1.09 bits per heavy atom. The zero-order valence-corrected chi connectivity index (χ0v) is 19.0. The van der Waals surface area contributed by atoms with Crippen molar-refractivity contribution in [3.8, 4) is 5.88 Å². The molecule has 0 atom stereocenters. The highest BCUT2D eigenvalue weighted by Crippen LogP contribution is 2.59. The number of rotatable bonds is 6. The van der Waals surface area contributed by atoms with E-state index in [1.54, 1.807) is 7.11 Å². The number of hydrogen-bond donors (Lipinski definition) is 0. The van der Waals surface area contributed by atoms with Crippen LogP contribution in [-0.2, 0) is 6.16 Å². The van der Waals surface area contributed by atoms with Crippen molar-refractivity contribution in [2.24, 2.45) is 0 Å². The summed E-state index contributed by atoms with van der Waals surface area (Å²) in [7, 11) is -0.297. The molecule has 0 spiro atoms. The fourth-order valence-electron chi connectivity index (χ4n) is 4.46. The number of fused-ring (bicyclic) bond motifs is 1. The highest BCUT2D eigenvalue weighted by atomic mass is 31.2. The Morgan fingerprint density at radius 1 is 0.625 bits per heavy atom. The first-order chi connectivity index (χ1) is 15.8. The van der Waals surface area contributed by atoms with Gasteiger partial charge in [-0.15, -0.1) is 0 Å². The molecule has 0 amide bonds. The maximum atomic E-state index is 5.81. The summed E-state index contributed by atoms with van der Waals surface area (Å²) in [6.45, 7) is 0. The van der Waals surface area contributed by atoms with Gasteiger partial charge in [0.25, 0.3) is 0 Å². The fourth-order valence-corrected chi connectivity index (χ4v) is 8.68. The predicted octanol–water partition coefficient (Wildman–Crippen LogP) is 5.74. The quantitative estimate of drug-likeness (QED) is 0.318. The van der Waals surface area contributed by atoms with Gasteiger partial charge in [0.2, 0.25) is 5.88 Å². The van der Waals surface area contributed by atoms with Crippen LogP contribution in [0.2, 0.25) is 0 Å². The largest absolute Gasteiger partial charge is 0.481 e. The number of para-hydroxylation sites is 1. The molecule has 0 radical (unpaired) electrons. The molecule has 32 heavy (non-hydrogen) atoms. The second-order valence-electron chi connectivity index (χ2n) is 7.82. The van der Waals surface area contributed by atoms with Gasteiger partial charge >= 0.3 is 0 Å². The molecule has 156 valence electrons. The molecule has 0 bridgehead atoms. The minimum absolute atomic E-state index is 0.705. The van der Waals surface area contributed by atoms with Gasteiger partial charge in [0.05, 0.1) is 18.2 Å². The summed E-state index contributed by atoms with van der Waals surface area (Å²) in [6.07, 6.45) is 0.839. The van der Waals surface area contributed by atoms with Crippen molar-refractivity contribution in [1.82, 2.24) is 4.98 Å². The van der Waals surface area contributed by atoms with Gasteiger partial charge in [-0.25, -0.2) is 4.98 Å². The summed E-state index contributed by atoms with van der Waals surface area (Å²) < 4.78 is 5.81. The van der Waals surface area contributed by atoms with Gasteiger partial charge in [-0.3, -0.25) is 0 Å². The number of pyridine rings is 1. The molecule has 4 aromatic carbocycles. The fraction of sp³-hybridized carbons (Fsp3) is 0.0690. The van der Waals surface area contributed by atoms with Crippen LogP contribution in [0.15, 0.2) is 121 Å². The van der Waals surface area contributed by atoms with E-state index in [-0.39, 0.29) is 0 Å². The van der Waals surface area contributed by atoms with Crippen molar-refractivity contribution >= 4 is 34.1 Å². The van der Waals surface area contributed by atoms with Crippen molar-refractivity contribution in [3.63, 3.8) is 0 Å². The molecule has 0 aliphatic carbocycles. The Labute approximate surface area is 189 Å². The van der Waals surface area contributed by atoms with Gasteiger partial charge in [-0.1, -0.05) is 72.8 Å². The second-order valence-corrected chi connectivity index (χ2v) is 11.3. The lowest BCUT2D eigenvalue weighted by Gasteiger charge is -2.28. The van der Waals surface area contributed by atoms with E-state index in [0.717, 1.165) is 22.6 Å². The minimum atomic E-state index is -2.01. The van der Waals surface area contributed by atoms with E-state index < -0.39 is 7.26 Å². The van der Waals surface area contributed by atoms with Gasteiger partial charge in [0, 0.05) is 5.39 Å². The predicted molar refractivity (Wildman–Crippen MR) is 137 cm³/mol. The van der Waals surface area contributed by atoms with Crippen molar-refractivity contribution in [3.05, 3.63) is 127 Å². The van der Waals surface area contributed by atoms with E-state index in [1.165, 1.54) is 15.9 Å². The van der Waals surface area contributed by atoms with Crippen molar-refractivity contribution in [2.45, 2.75) is 6.16 Å². The molecule has 5 rings (SSSR count). The third-order valence-electron chi connectivity index (χ3n) is 5.95. The third-order valence-corrected chi connectivity index (χ3v) is 10.3. The maximum Gasteiger partial charge on any atom is 0.220 e. The van der Waals surface area contributed by atoms with Crippen LogP contribution in [0, 0.1) is 0 Å². The number of nitrogens with zero attached hydrogens (tertiary/aromatic N) is 1. The molecule has 0 unspecified atom stereocenters. The Bertz CT molecular complexity index is 1220. The van der Waals surface area contributed by atoms with E-state index in [0.29, 0.717) is 5.88 Å². The van der Waals surface area contributed by atoms with E-state index in [4.69, 9.17) is 9.72 Å². The number of benzene rings is 4. The smallest absolute Gasteiger partial charge is 0.220 e. The van der Waals surface area contributed by atoms with Gasteiger partial charge < -0.3 is 4.74 Å². The van der Waals surface area contributed by atoms with Crippen molar-refractivity contribution in [2.75, 3.05) is 7.11 Å². The average molecular weight is 434 g/mol. The maximum absolute atomic E-state index is 5.81. The highest BCUT2D eigenvalue weighted by molar-refractivity contribution is 7.95. The van der Waals surface area contributed by atoms with Gasteiger partial charge in [-0.2, -0.15) is 0 Å². The molecule has 1 aromatic heterocycles. The zero-order chi connectivity index (χ0) is 21.8. The molecule has 0 aliphatic rings. The van der Waals surface area contributed by atoms with Crippen molar-refractivity contribution < 1.29 is 4.74 Å². The van der Waals surface area contributed by atoms with Gasteiger partial charge in [0.15, 0.2) is 0 Å². The molecule has 0 fully saturated rings. The first-order valence-electron chi connectivity index (χ1n) is 10.8. The topological polar surface area (TPSA) is 22.1 Å². The molecule has 0 N–H and O–H groups in total. The Balaban J connectivity index is 1.80. The number of hydrogen-bond acceptors (Lipinski definition) is 2. The Morgan fingerprint density at radius 3 is 1.59 bits per heavy atom.